The van der Waals surface area contributed by atoms with Crippen LogP contribution in [0, 0.1) is 0 Å². The zero-order valence-electron chi connectivity index (χ0n) is 39.0. The van der Waals surface area contributed by atoms with Gasteiger partial charge in [-0.05, 0) is 95.7 Å². The smallest absolute Gasteiger partial charge is 0.337 e. The zero-order chi connectivity index (χ0) is 58.8. The van der Waals surface area contributed by atoms with E-state index in [1.807, 2.05) is 0 Å². The summed E-state index contributed by atoms with van der Waals surface area (Å²) in [5.74, 6) is -6.36. The number of carboxylic acids is 2. The summed E-state index contributed by atoms with van der Waals surface area (Å²) in [6.07, 6.45) is 0. The molecule has 0 radical (unpaired) electrons. The summed E-state index contributed by atoms with van der Waals surface area (Å²) in [7, 11) is -26.4. The molecule has 0 amide bonds. The predicted octanol–water partition coefficient (Wildman–Crippen LogP) is 8.16. The Kier molecular flexibility index (Phi) is 14.5. The maximum absolute atomic E-state index is 12.9. The molecule has 8 aromatic carbocycles. The van der Waals surface area contributed by atoms with Gasteiger partial charge in [-0.1, -0.05) is 18.2 Å². The van der Waals surface area contributed by atoms with Crippen LogP contribution >= 0.6 is 0 Å². The standard InChI is InChI=1S/C44H31N9O22S5/c45-36-30(50-46-21-6-5-18-12-32(78(67,68)69)38(41(55)26(18)14-21)53-49-29-15-22(76(61,62)63)8-10-25(29)44(59)60)17-31(77(64,65)66)27-16-34(80(73,74)75)39(42(56)35(27)36)51-47-20-7-9-23-19(11-20)13-33(79(70,71)72)37(40(23)54)52-48-28-4-2-1-3-24(28)43(57)58/h1-17,46,50,54-56H,45H2,(H,57,58)(H,59,60)(H,61,62,63)(H,64,65,66)(H,67,68,69)(H,70,71,72)(H,73,74,75). The van der Waals surface area contributed by atoms with E-state index in [2.05, 4.69) is 41.5 Å². The van der Waals surface area contributed by atoms with Gasteiger partial charge in [0.2, 0.25) is 0 Å². The second kappa shape index (κ2) is 20.5. The Balaban J connectivity index is 1.20. The topological polar surface area (TPSA) is 531 Å². The summed E-state index contributed by atoms with van der Waals surface area (Å²) in [6, 6.07) is 16.5. The van der Waals surface area contributed by atoms with Crippen LogP contribution in [0.15, 0.2) is 158 Å². The molecule has 0 aromatic heterocycles. The molecule has 0 unspecified atom stereocenters. The predicted molar refractivity (Wildman–Crippen MR) is 277 cm³/mol. The van der Waals surface area contributed by atoms with Crippen molar-refractivity contribution in [2.45, 2.75) is 24.5 Å². The minimum absolute atomic E-state index is 0.118. The second-order valence-electron chi connectivity index (χ2n) is 16.3. The molecular weight excluding hydrogens is 1170 g/mol. The minimum Gasteiger partial charge on any atom is -0.505 e. The number of hydrazine groups is 1. The number of phenols is 3. The van der Waals surface area contributed by atoms with E-state index in [4.69, 9.17) is 5.73 Å². The van der Waals surface area contributed by atoms with E-state index < -0.39 is 155 Å². The molecule has 0 spiro atoms. The summed E-state index contributed by atoms with van der Waals surface area (Å²) in [5.41, 5.74) is 4.75. The van der Waals surface area contributed by atoms with Crippen molar-refractivity contribution in [1.82, 2.24) is 0 Å². The molecule has 0 bridgehead atoms. The third-order valence-corrected chi connectivity index (χ3v) is 15.6. The van der Waals surface area contributed by atoms with Crippen LogP contribution in [-0.4, -0.2) is 102 Å². The summed E-state index contributed by atoms with van der Waals surface area (Å²) >= 11 is 0. The first-order valence-electron chi connectivity index (χ1n) is 21.2. The van der Waals surface area contributed by atoms with Crippen LogP contribution in [0.25, 0.3) is 32.3 Å². The van der Waals surface area contributed by atoms with Gasteiger partial charge in [0.15, 0.2) is 17.2 Å². The molecule has 8 rings (SSSR count). The van der Waals surface area contributed by atoms with E-state index in [9.17, 15) is 100.0 Å². The fraction of sp³-hybridized carbons (Fsp3) is 0. The van der Waals surface area contributed by atoms with E-state index in [0.717, 1.165) is 54.6 Å². The number of aromatic carboxylic acids is 2. The molecule has 0 fully saturated rings. The van der Waals surface area contributed by atoms with Crippen LogP contribution in [0.1, 0.15) is 20.7 Å². The van der Waals surface area contributed by atoms with Gasteiger partial charge in [-0.15, -0.1) is 25.6 Å². The molecule has 0 aliphatic rings. The molecule has 0 atom stereocenters. The van der Waals surface area contributed by atoms with Crippen LogP contribution in [0.4, 0.5) is 51.2 Å². The van der Waals surface area contributed by atoms with Crippen LogP contribution < -0.4 is 16.6 Å². The van der Waals surface area contributed by atoms with Crippen molar-refractivity contribution in [3.8, 4) is 17.2 Å². The van der Waals surface area contributed by atoms with Gasteiger partial charge in [0.25, 0.3) is 50.6 Å². The number of phenolic OH excluding ortho intramolecular Hbond substituents is 3. The van der Waals surface area contributed by atoms with Crippen molar-refractivity contribution in [2.75, 3.05) is 16.6 Å². The van der Waals surface area contributed by atoms with Gasteiger partial charge in [0.1, 0.15) is 48.0 Å². The lowest BCUT2D eigenvalue weighted by Gasteiger charge is -2.18. The van der Waals surface area contributed by atoms with Gasteiger partial charge in [0.05, 0.1) is 44.2 Å². The molecule has 0 aliphatic heterocycles. The van der Waals surface area contributed by atoms with Crippen molar-refractivity contribution in [1.29, 1.82) is 0 Å². The van der Waals surface area contributed by atoms with E-state index in [0.29, 0.717) is 24.3 Å². The number of fused-ring (bicyclic) bond motifs is 3. The molecule has 414 valence electrons. The first-order chi connectivity index (χ1) is 37.1. The van der Waals surface area contributed by atoms with Crippen LogP contribution in [0.2, 0.25) is 0 Å². The number of anilines is 3. The van der Waals surface area contributed by atoms with E-state index in [1.54, 1.807) is 0 Å². The summed E-state index contributed by atoms with van der Waals surface area (Å²) in [6.45, 7) is 0. The first-order valence-corrected chi connectivity index (χ1v) is 28.4. The van der Waals surface area contributed by atoms with Gasteiger partial charge < -0.3 is 36.7 Å². The molecule has 36 heteroatoms. The van der Waals surface area contributed by atoms with Gasteiger partial charge in [-0.25, -0.2) is 9.59 Å². The highest BCUT2D eigenvalue weighted by Gasteiger charge is 2.30. The quantitative estimate of drug-likeness (QED) is 0.0188. The maximum atomic E-state index is 12.9. The van der Waals surface area contributed by atoms with Crippen LogP contribution in [-0.2, 0) is 50.6 Å². The Hall–Kier alpha value is -9.37. The Morgan fingerprint density at radius 2 is 0.963 bits per heavy atom. The number of nitrogens with two attached hydrogens (primary N) is 1. The maximum Gasteiger partial charge on any atom is 0.337 e. The Bertz CT molecular complexity index is 4750. The Morgan fingerprint density at radius 3 is 1.55 bits per heavy atom. The van der Waals surface area contributed by atoms with Crippen molar-refractivity contribution < 1.29 is 100.0 Å². The number of hydrogen-bond donors (Lipinski definition) is 13. The number of nitrogen functional groups attached to an aromatic ring is 1. The average Bonchev–Trinajstić information content (AvgIpc) is 3.43. The molecule has 0 heterocycles. The Labute approximate surface area is 447 Å². The lowest BCUT2D eigenvalue weighted by molar-refractivity contribution is 0.0686. The lowest BCUT2D eigenvalue weighted by atomic mass is 10.0. The fourth-order valence-electron chi connectivity index (χ4n) is 7.67. The highest BCUT2D eigenvalue weighted by molar-refractivity contribution is 7.87. The number of rotatable bonds is 16. The number of carbonyl (C=O) groups is 2. The average molecular weight is 1200 g/mol. The SMILES string of the molecule is Nc1c(NNc2ccc3cc(S(=O)(=O)O)c(N=Nc4cc(S(=O)(=O)O)ccc4C(=O)O)c(O)c3c2)cc(S(=O)(=O)O)c2cc(S(=O)(=O)O)c(N=Nc3ccc4c(O)c(N=Nc5ccccc5C(=O)O)c(S(=O)(=O)O)cc4c3)c(O)c12. The number of hydrogen-bond acceptors (Lipinski definition) is 24. The highest BCUT2D eigenvalue weighted by Crippen LogP contribution is 2.49. The molecule has 0 saturated carbocycles. The number of azo groups is 3. The third-order valence-electron chi connectivity index (χ3n) is 11.3. The van der Waals surface area contributed by atoms with Crippen molar-refractivity contribution in [3.63, 3.8) is 0 Å². The monoisotopic (exact) mass is 1200 g/mol. The lowest BCUT2D eigenvalue weighted by Crippen LogP contribution is -2.12. The van der Waals surface area contributed by atoms with Crippen molar-refractivity contribution >= 4 is 146 Å². The second-order valence-corrected chi connectivity index (χ2v) is 23.3. The van der Waals surface area contributed by atoms with Gasteiger partial charge in [-0.3, -0.25) is 28.2 Å². The fourth-order valence-corrected chi connectivity index (χ4v) is 10.8. The minimum atomic E-state index is -5.52. The van der Waals surface area contributed by atoms with Gasteiger partial charge in [0, 0.05) is 16.2 Å². The van der Waals surface area contributed by atoms with Crippen molar-refractivity contribution in [3.05, 3.63) is 114 Å². The highest BCUT2D eigenvalue weighted by atomic mass is 32.2. The number of nitrogens with one attached hydrogen (secondary N) is 2. The molecule has 8 aromatic rings. The number of benzene rings is 8. The Morgan fingerprint density at radius 1 is 0.438 bits per heavy atom. The summed E-state index contributed by atoms with van der Waals surface area (Å²) < 4.78 is 175. The number of nitrogens with zero attached hydrogens (tertiary/aromatic N) is 6. The molecule has 0 saturated heterocycles. The van der Waals surface area contributed by atoms with E-state index in [-0.39, 0.29) is 44.2 Å². The van der Waals surface area contributed by atoms with E-state index >= 15 is 0 Å². The van der Waals surface area contributed by atoms with Gasteiger partial charge in [-0.2, -0.15) is 47.2 Å². The third kappa shape index (κ3) is 11.3. The van der Waals surface area contributed by atoms with E-state index in [1.165, 1.54) is 24.3 Å². The molecule has 0 aliphatic carbocycles. The first kappa shape index (κ1) is 56.8. The molecule has 31 nitrogen and oxygen atoms in total. The largest absolute Gasteiger partial charge is 0.505 e. The van der Waals surface area contributed by atoms with Crippen LogP contribution in [0.3, 0.4) is 0 Å². The summed E-state index contributed by atoms with van der Waals surface area (Å²) in [4.78, 5) is 18.1. The molecule has 14 N–H and O–H groups in total. The van der Waals surface area contributed by atoms with Crippen LogP contribution in [0.5, 0.6) is 17.2 Å². The molecular formula is C44H31N9O22S5. The zero-order valence-corrected chi connectivity index (χ0v) is 43.1. The summed E-state index contributed by atoms with van der Waals surface area (Å²) in [5, 5.41) is 73.0. The molecule has 80 heavy (non-hydrogen) atoms. The van der Waals surface area contributed by atoms with Crippen molar-refractivity contribution in [2.24, 2.45) is 30.7 Å². The van der Waals surface area contributed by atoms with Gasteiger partial charge >= 0.3 is 11.9 Å². The number of aromatic hydroxyl groups is 3. The number of carboxylic acid groups (broad SMARTS) is 2. The normalized spacial score (nSPS) is 12.8.